The molecule has 19 heavy (non-hydrogen) atoms. The monoisotopic (exact) mass is 264 g/mol. The van der Waals surface area contributed by atoms with Crippen molar-refractivity contribution >= 4 is 11.8 Å². The molecule has 1 aliphatic rings. The topological polar surface area (TPSA) is 90.7 Å². The average Bonchev–Trinajstić information content (AvgIpc) is 2.36. The molecule has 1 aromatic rings. The lowest BCUT2D eigenvalue weighted by Crippen LogP contribution is -2.59. The van der Waals surface area contributed by atoms with Crippen LogP contribution in [0.4, 0.5) is 0 Å². The summed E-state index contributed by atoms with van der Waals surface area (Å²) in [5.41, 5.74) is 5.52. The Hall–Kier alpha value is -1.92. The van der Waals surface area contributed by atoms with Crippen molar-refractivity contribution in [2.75, 3.05) is 20.3 Å². The summed E-state index contributed by atoms with van der Waals surface area (Å²) in [7, 11) is 1.47. The maximum absolute atomic E-state index is 11.9. The second-order valence-corrected chi connectivity index (χ2v) is 4.61. The highest BCUT2D eigenvalue weighted by Gasteiger charge is 2.36. The van der Waals surface area contributed by atoms with E-state index in [1.807, 2.05) is 0 Å². The predicted molar refractivity (Wildman–Crippen MR) is 67.8 cm³/mol. The predicted octanol–water partition coefficient (Wildman–Crippen LogP) is 0.0694. The summed E-state index contributed by atoms with van der Waals surface area (Å²) in [6, 6.07) is 6.69. The number of nitrogens with two attached hydrogens (primary N) is 1. The number of hydrogen-bond donors (Lipinski definition) is 2. The highest BCUT2D eigenvalue weighted by atomic mass is 16.5. The summed E-state index contributed by atoms with van der Waals surface area (Å²) in [6.45, 7) is 0.673. The Balaban J connectivity index is 1.98. The average molecular weight is 264 g/mol. The molecule has 2 rings (SSSR count). The van der Waals surface area contributed by atoms with Crippen LogP contribution in [-0.4, -0.2) is 37.7 Å². The normalized spacial score (nSPS) is 16.3. The van der Waals surface area contributed by atoms with E-state index in [1.54, 1.807) is 24.3 Å². The van der Waals surface area contributed by atoms with Crippen molar-refractivity contribution in [2.45, 2.75) is 12.0 Å². The third-order valence-electron chi connectivity index (χ3n) is 2.90. The number of benzene rings is 1. The third-order valence-corrected chi connectivity index (χ3v) is 2.90. The molecule has 1 aliphatic heterocycles. The Morgan fingerprint density at radius 1 is 1.42 bits per heavy atom. The van der Waals surface area contributed by atoms with E-state index in [2.05, 4.69) is 5.32 Å². The van der Waals surface area contributed by atoms with E-state index in [1.165, 1.54) is 7.11 Å². The molecular weight excluding hydrogens is 248 g/mol. The second-order valence-electron chi connectivity index (χ2n) is 4.61. The van der Waals surface area contributed by atoms with Gasteiger partial charge < -0.3 is 15.2 Å². The smallest absolute Gasteiger partial charge is 0.261 e. The highest BCUT2D eigenvalue weighted by molar-refractivity contribution is 6.06. The second kappa shape index (κ2) is 5.38. The number of amides is 2. The first kappa shape index (κ1) is 13.5. The van der Waals surface area contributed by atoms with Crippen LogP contribution in [0.2, 0.25) is 0 Å². The zero-order valence-corrected chi connectivity index (χ0v) is 10.6. The van der Waals surface area contributed by atoms with Gasteiger partial charge in [0.25, 0.3) is 5.91 Å². The Morgan fingerprint density at radius 3 is 2.68 bits per heavy atom. The summed E-state index contributed by atoms with van der Waals surface area (Å²) < 4.78 is 10.0. The van der Waals surface area contributed by atoms with Crippen molar-refractivity contribution in [3.8, 4) is 5.75 Å². The summed E-state index contributed by atoms with van der Waals surface area (Å²) in [4.78, 5) is 23.7. The quantitative estimate of drug-likeness (QED) is 0.803. The minimum absolute atomic E-state index is 0.0634. The maximum atomic E-state index is 11.9. The molecule has 2 amide bonds. The highest BCUT2D eigenvalue weighted by Crippen LogP contribution is 2.19. The summed E-state index contributed by atoms with van der Waals surface area (Å²) in [5, 5.41) is 2.30. The first-order valence-corrected chi connectivity index (χ1v) is 5.88. The van der Waals surface area contributed by atoms with Gasteiger partial charge in [-0.2, -0.15) is 0 Å². The molecule has 6 heteroatoms. The summed E-state index contributed by atoms with van der Waals surface area (Å²) in [5.74, 6) is -0.491. The van der Waals surface area contributed by atoms with Crippen molar-refractivity contribution < 1.29 is 19.1 Å². The Labute approximate surface area is 110 Å². The van der Waals surface area contributed by atoms with Crippen LogP contribution < -0.4 is 15.8 Å². The van der Waals surface area contributed by atoms with E-state index < -0.39 is 17.4 Å². The fraction of sp³-hybridized carbons (Fsp3) is 0.385. The first-order chi connectivity index (χ1) is 9.04. The summed E-state index contributed by atoms with van der Waals surface area (Å²) in [6.07, 6.45) is 0.0634. The molecule has 0 radical (unpaired) electrons. The van der Waals surface area contributed by atoms with Crippen LogP contribution in [0.5, 0.6) is 5.75 Å². The van der Waals surface area contributed by atoms with E-state index >= 15 is 0 Å². The van der Waals surface area contributed by atoms with Gasteiger partial charge in [0.05, 0.1) is 31.4 Å². The number of nitrogens with one attached hydrogen (secondary N) is 1. The lowest BCUT2D eigenvalue weighted by Gasteiger charge is -2.36. The molecule has 0 spiro atoms. The van der Waals surface area contributed by atoms with Gasteiger partial charge in [-0.1, -0.05) is 12.1 Å². The number of rotatable bonds is 4. The van der Waals surface area contributed by atoms with Gasteiger partial charge in [-0.15, -0.1) is 0 Å². The first-order valence-electron chi connectivity index (χ1n) is 5.88. The van der Waals surface area contributed by atoms with Crippen LogP contribution >= 0.6 is 0 Å². The van der Waals surface area contributed by atoms with Gasteiger partial charge in [-0.25, -0.2) is 0 Å². The van der Waals surface area contributed by atoms with Crippen LogP contribution in [-0.2, 0) is 9.53 Å². The van der Waals surface area contributed by atoms with Gasteiger partial charge in [-0.3, -0.25) is 14.9 Å². The fourth-order valence-electron chi connectivity index (χ4n) is 1.86. The molecule has 0 unspecified atom stereocenters. The van der Waals surface area contributed by atoms with Crippen molar-refractivity contribution in [1.29, 1.82) is 0 Å². The molecule has 3 N–H and O–H groups in total. The van der Waals surface area contributed by atoms with Gasteiger partial charge in [0.15, 0.2) is 0 Å². The minimum atomic E-state index is -0.648. The Morgan fingerprint density at radius 2 is 2.11 bits per heavy atom. The number of carbonyl (C=O) groups excluding carboxylic acids is 2. The van der Waals surface area contributed by atoms with Gasteiger partial charge in [0.2, 0.25) is 5.91 Å². The van der Waals surface area contributed by atoms with E-state index in [9.17, 15) is 9.59 Å². The Kier molecular flexibility index (Phi) is 3.82. The molecule has 1 heterocycles. The van der Waals surface area contributed by atoms with Crippen molar-refractivity contribution in [1.82, 2.24) is 5.32 Å². The molecule has 0 aromatic heterocycles. The van der Waals surface area contributed by atoms with Gasteiger partial charge in [0, 0.05) is 6.42 Å². The zero-order chi connectivity index (χ0) is 13.9. The maximum Gasteiger partial charge on any atom is 0.261 e. The molecule has 6 nitrogen and oxygen atoms in total. The molecule has 1 fully saturated rings. The minimum Gasteiger partial charge on any atom is -0.496 e. The molecular formula is C13H16N2O4. The standard InChI is InChI=1S/C13H16N2O4/c1-18-10-5-3-2-4-9(10)12(17)15-11(16)6-13(14)7-19-8-13/h2-5H,6-8,14H2,1H3,(H,15,16,17). The lowest BCUT2D eigenvalue weighted by molar-refractivity contribution is -0.127. The van der Waals surface area contributed by atoms with Gasteiger partial charge >= 0.3 is 0 Å². The molecule has 0 saturated carbocycles. The van der Waals surface area contributed by atoms with E-state index in [4.69, 9.17) is 15.2 Å². The number of hydrogen-bond acceptors (Lipinski definition) is 5. The molecule has 1 aromatic carbocycles. The Bertz CT molecular complexity index is 497. The van der Waals surface area contributed by atoms with Gasteiger partial charge in [-0.05, 0) is 12.1 Å². The van der Waals surface area contributed by atoms with E-state index in [-0.39, 0.29) is 6.42 Å². The van der Waals surface area contributed by atoms with Crippen LogP contribution in [0.3, 0.4) is 0 Å². The van der Waals surface area contributed by atoms with Crippen LogP contribution in [0, 0.1) is 0 Å². The number of ether oxygens (including phenoxy) is 2. The van der Waals surface area contributed by atoms with E-state index in [0.717, 1.165) is 0 Å². The van der Waals surface area contributed by atoms with Gasteiger partial charge in [0.1, 0.15) is 5.75 Å². The van der Waals surface area contributed by atoms with Crippen molar-refractivity contribution in [2.24, 2.45) is 5.73 Å². The molecule has 102 valence electrons. The van der Waals surface area contributed by atoms with Crippen molar-refractivity contribution in [3.05, 3.63) is 29.8 Å². The van der Waals surface area contributed by atoms with Crippen LogP contribution in [0.25, 0.3) is 0 Å². The molecule has 1 saturated heterocycles. The fourth-order valence-corrected chi connectivity index (χ4v) is 1.86. The number of para-hydroxylation sites is 1. The lowest BCUT2D eigenvalue weighted by atomic mass is 9.94. The third kappa shape index (κ3) is 3.10. The molecule has 0 atom stereocenters. The zero-order valence-electron chi connectivity index (χ0n) is 10.6. The molecule has 0 bridgehead atoms. The van der Waals surface area contributed by atoms with Crippen molar-refractivity contribution in [3.63, 3.8) is 0 Å². The summed E-state index contributed by atoms with van der Waals surface area (Å²) >= 11 is 0. The number of carbonyl (C=O) groups is 2. The SMILES string of the molecule is COc1ccccc1C(=O)NC(=O)CC1(N)COC1. The van der Waals surface area contributed by atoms with Crippen LogP contribution in [0.15, 0.2) is 24.3 Å². The largest absolute Gasteiger partial charge is 0.496 e. The molecule has 0 aliphatic carbocycles. The van der Waals surface area contributed by atoms with Crippen LogP contribution in [0.1, 0.15) is 16.8 Å². The number of imide groups is 1. The van der Waals surface area contributed by atoms with E-state index in [0.29, 0.717) is 24.5 Å². The number of methoxy groups -OCH3 is 1.